The lowest BCUT2D eigenvalue weighted by Crippen LogP contribution is -2.42. The molecule has 0 radical (unpaired) electrons. The fraction of sp³-hybridized carbons (Fsp3) is 0.409. The van der Waals surface area contributed by atoms with E-state index in [4.69, 9.17) is 10.5 Å². The Kier molecular flexibility index (Phi) is 6.08. The van der Waals surface area contributed by atoms with E-state index in [1.54, 1.807) is 7.11 Å². The highest BCUT2D eigenvalue weighted by Gasteiger charge is 2.37. The minimum Gasteiger partial charge on any atom is -0.497 e. The Hall–Kier alpha value is -2.04. The minimum absolute atomic E-state index is 0. The second kappa shape index (κ2) is 8.32. The molecule has 2 aliphatic rings. The minimum atomic E-state index is 0. The van der Waals surface area contributed by atoms with Crippen LogP contribution in [0, 0.1) is 5.92 Å². The summed E-state index contributed by atoms with van der Waals surface area (Å²) in [6.45, 7) is 0.636. The Morgan fingerprint density at radius 2 is 1.89 bits per heavy atom. The first-order chi connectivity index (χ1) is 12.7. The largest absolute Gasteiger partial charge is 0.497 e. The molecule has 1 amide bonds. The van der Waals surface area contributed by atoms with Crippen LogP contribution in [0.4, 0.5) is 0 Å². The number of halogens is 1. The molecule has 4 nitrogen and oxygen atoms in total. The Morgan fingerprint density at radius 3 is 2.56 bits per heavy atom. The third kappa shape index (κ3) is 3.97. The van der Waals surface area contributed by atoms with Crippen LogP contribution in [-0.4, -0.2) is 24.0 Å². The number of methoxy groups -OCH3 is 1. The van der Waals surface area contributed by atoms with E-state index >= 15 is 0 Å². The molecule has 2 aromatic carbocycles. The molecule has 1 aliphatic heterocycles. The van der Waals surface area contributed by atoms with Gasteiger partial charge in [0.15, 0.2) is 0 Å². The number of fused-ring (bicyclic) bond motifs is 1. The molecule has 4 rings (SSSR count). The van der Waals surface area contributed by atoms with Gasteiger partial charge >= 0.3 is 0 Å². The van der Waals surface area contributed by atoms with Gasteiger partial charge in [-0.2, -0.15) is 0 Å². The van der Waals surface area contributed by atoms with Gasteiger partial charge in [0.1, 0.15) is 5.75 Å². The van der Waals surface area contributed by atoms with Crippen LogP contribution in [0.2, 0.25) is 0 Å². The Labute approximate surface area is 167 Å². The van der Waals surface area contributed by atoms with Gasteiger partial charge in [0, 0.05) is 18.5 Å². The van der Waals surface area contributed by atoms with Gasteiger partial charge in [0.25, 0.3) is 0 Å². The molecule has 144 valence electrons. The van der Waals surface area contributed by atoms with Crippen LogP contribution in [0.5, 0.6) is 5.75 Å². The number of carbonyl (C=O) groups is 1. The molecule has 0 spiro atoms. The molecule has 1 fully saturated rings. The maximum atomic E-state index is 13.3. The number of ether oxygens (including phenoxy) is 1. The van der Waals surface area contributed by atoms with Crippen LogP contribution in [-0.2, 0) is 17.8 Å². The van der Waals surface area contributed by atoms with Crippen LogP contribution in [0.3, 0.4) is 0 Å². The summed E-state index contributed by atoms with van der Waals surface area (Å²) in [5.41, 5.74) is 9.75. The molecule has 1 heterocycles. The maximum Gasteiger partial charge on any atom is 0.226 e. The van der Waals surface area contributed by atoms with Crippen LogP contribution in [0.15, 0.2) is 48.5 Å². The molecule has 0 bridgehead atoms. The van der Waals surface area contributed by atoms with Crippen molar-refractivity contribution in [1.29, 1.82) is 0 Å². The van der Waals surface area contributed by atoms with Gasteiger partial charge in [-0.15, -0.1) is 12.4 Å². The van der Waals surface area contributed by atoms with E-state index in [0.29, 0.717) is 6.54 Å². The molecule has 27 heavy (non-hydrogen) atoms. The highest BCUT2D eigenvalue weighted by atomic mass is 35.5. The van der Waals surface area contributed by atoms with Gasteiger partial charge < -0.3 is 15.4 Å². The predicted molar refractivity (Wildman–Crippen MR) is 109 cm³/mol. The summed E-state index contributed by atoms with van der Waals surface area (Å²) in [7, 11) is 1.68. The number of hydrogen-bond acceptors (Lipinski definition) is 3. The summed E-state index contributed by atoms with van der Waals surface area (Å²) < 4.78 is 5.38. The predicted octanol–water partition coefficient (Wildman–Crippen LogP) is 3.87. The zero-order chi connectivity index (χ0) is 18.1. The van der Waals surface area contributed by atoms with Crippen LogP contribution < -0.4 is 10.5 Å². The van der Waals surface area contributed by atoms with E-state index in [-0.39, 0.29) is 36.3 Å². The van der Waals surface area contributed by atoms with E-state index in [0.717, 1.165) is 31.4 Å². The van der Waals surface area contributed by atoms with Crippen molar-refractivity contribution >= 4 is 18.3 Å². The molecular weight excluding hydrogens is 360 g/mol. The molecule has 2 aromatic rings. The van der Waals surface area contributed by atoms with Gasteiger partial charge in [-0.3, -0.25) is 4.79 Å². The molecular formula is C22H27ClN2O2. The lowest BCUT2D eigenvalue weighted by atomic mass is 9.88. The first-order valence-electron chi connectivity index (χ1n) is 9.42. The Morgan fingerprint density at radius 1 is 1.11 bits per heavy atom. The SMILES string of the molecule is COc1ccc2c(c1)CN(C(=O)C1CCC(N)C1)C(c1ccccc1)C2.Cl. The zero-order valence-corrected chi connectivity index (χ0v) is 16.5. The number of rotatable bonds is 3. The molecule has 3 unspecified atom stereocenters. The lowest BCUT2D eigenvalue weighted by Gasteiger charge is -2.39. The highest BCUT2D eigenvalue weighted by molar-refractivity contribution is 5.85. The van der Waals surface area contributed by atoms with Crippen molar-refractivity contribution < 1.29 is 9.53 Å². The van der Waals surface area contributed by atoms with Crippen LogP contribution in [0.25, 0.3) is 0 Å². The maximum absolute atomic E-state index is 13.3. The summed E-state index contributed by atoms with van der Waals surface area (Å²) >= 11 is 0. The summed E-state index contributed by atoms with van der Waals surface area (Å²) in [4.78, 5) is 15.4. The van der Waals surface area contributed by atoms with E-state index in [9.17, 15) is 4.79 Å². The first kappa shape index (κ1) is 19.7. The molecule has 0 aromatic heterocycles. The second-order valence-corrected chi connectivity index (χ2v) is 7.50. The summed E-state index contributed by atoms with van der Waals surface area (Å²) in [5, 5.41) is 0. The van der Waals surface area contributed by atoms with Crippen molar-refractivity contribution in [2.45, 2.75) is 44.3 Å². The summed E-state index contributed by atoms with van der Waals surface area (Å²) in [6.07, 6.45) is 3.50. The number of carbonyl (C=O) groups excluding carboxylic acids is 1. The molecule has 3 atom stereocenters. The van der Waals surface area contributed by atoms with Crippen LogP contribution in [0.1, 0.15) is 42.0 Å². The number of hydrogen-bond donors (Lipinski definition) is 1. The van der Waals surface area contributed by atoms with Gasteiger partial charge in [0.05, 0.1) is 13.2 Å². The van der Waals surface area contributed by atoms with Crippen molar-refractivity contribution in [3.05, 3.63) is 65.2 Å². The average molecular weight is 387 g/mol. The standard InChI is InChI=1S/C22H26N2O2.ClH/c1-26-20-10-8-16-13-21(15-5-3-2-4-6-15)24(14-18(16)12-20)22(25)17-7-9-19(23)11-17;/h2-6,8,10,12,17,19,21H,7,9,11,13-14,23H2,1H3;1H. The number of nitrogens with two attached hydrogens (primary N) is 1. The van der Waals surface area contributed by atoms with Crippen molar-refractivity contribution in [2.75, 3.05) is 7.11 Å². The molecule has 5 heteroatoms. The average Bonchev–Trinajstić information content (AvgIpc) is 3.13. The van der Waals surface area contributed by atoms with E-state index in [2.05, 4.69) is 29.2 Å². The zero-order valence-electron chi connectivity index (χ0n) is 15.6. The van der Waals surface area contributed by atoms with Crippen molar-refractivity contribution in [1.82, 2.24) is 4.90 Å². The normalized spacial score (nSPS) is 24.1. The monoisotopic (exact) mass is 386 g/mol. The van der Waals surface area contributed by atoms with Gasteiger partial charge in [0.2, 0.25) is 5.91 Å². The number of benzene rings is 2. The molecule has 1 aliphatic carbocycles. The lowest BCUT2D eigenvalue weighted by molar-refractivity contribution is -0.139. The fourth-order valence-electron chi connectivity index (χ4n) is 4.37. The second-order valence-electron chi connectivity index (χ2n) is 7.50. The Bertz CT molecular complexity index is 796. The van der Waals surface area contributed by atoms with Gasteiger partial charge in [-0.05, 0) is 54.5 Å². The van der Waals surface area contributed by atoms with E-state index < -0.39 is 0 Å². The van der Waals surface area contributed by atoms with E-state index in [1.165, 1.54) is 16.7 Å². The topological polar surface area (TPSA) is 55.6 Å². The summed E-state index contributed by atoms with van der Waals surface area (Å²) in [5.74, 6) is 1.15. The molecule has 2 N–H and O–H groups in total. The molecule has 1 saturated carbocycles. The van der Waals surface area contributed by atoms with Crippen molar-refractivity contribution in [3.63, 3.8) is 0 Å². The number of nitrogens with zero attached hydrogens (tertiary/aromatic N) is 1. The van der Waals surface area contributed by atoms with Crippen LogP contribution >= 0.6 is 12.4 Å². The van der Waals surface area contributed by atoms with Crippen molar-refractivity contribution in [3.8, 4) is 5.75 Å². The Balaban J connectivity index is 0.00000210. The van der Waals surface area contributed by atoms with Gasteiger partial charge in [-0.1, -0.05) is 36.4 Å². The smallest absolute Gasteiger partial charge is 0.226 e. The first-order valence-corrected chi connectivity index (χ1v) is 9.42. The van der Waals surface area contributed by atoms with E-state index in [1.807, 2.05) is 24.3 Å². The number of amides is 1. The summed E-state index contributed by atoms with van der Waals surface area (Å²) in [6, 6.07) is 16.8. The van der Waals surface area contributed by atoms with Crippen molar-refractivity contribution in [2.24, 2.45) is 11.7 Å². The third-order valence-electron chi connectivity index (χ3n) is 5.83. The van der Waals surface area contributed by atoms with Gasteiger partial charge in [-0.25, -0.2) is 0 Å². The third-order valence-corrected chi connectivity index (χ3v) is 5.83. The quantitative estimate of drug-likeness (QED) is 0.871. The molecule has 0 saturated heterocycles. The highest BCUT2D eigenvalue weighted by Crippen LogP contribution is 2.37. The fourth-order valence-corrected chi connectivity index (χ4v) is 4.37.